The van der Waals surface area contributed by atoms with Crippen molar-refractivity contribution < 1.29 is 32.6 Å². The Morgan fingerprint density at radius 2 is 1.66 bits per heavy atom. The highest BCUT2D eigenvalue weighted by Gasteiger charge is 2.52. The maximum atomic E-state index is 15.5. The molecule has 0 unspecified atom stereocenters. The van der Waals surface area contributed by atoms with E-state index in [-0.39, 0.29) is 53.5 Å². The van der Waals surface area contributed by atoms with Crippen molar-refractivity contribution in [3.05, 3.63) is 111 Å². The molecule has 2 aliphatic rings. The number of thiophene rings is 1. The normalized spacial score (nSPS) is 20.6. The van der Waals surface area contributed by atoms with Crippen molar-refractivity contribution in [2.75, 3.05) is 18.1 Å². The minimum absolute atomic E-state index is 0.00130. The van der Waals surface area contributed by atoms with Gasteiger partial charge in [-0.1, -0.05) is 36.4 Å². The van der Waals surface area contributed by atoms with Crippen LogP contribution in [0.15, 0.2) is 88.7 Å². The fourth-order valence-corrected chi connectivity index (χ4v) is 6.50. The van der Waals surface area contributed by atoms with Crippen LogP contribution >= 0.6 is 11.3 Å². The first kappa shape index (κ1) is 28.2. The second-order valence-corrected chi connectivity index (χ2v) is 10.5. The summed E-state index contributed by atoms with van der Waals surface area (Å²) in [6, 6.07) is 15.2. The van der Waals surface area contributed by atoms with E-state index in [4.69, 9.17) is 15.2 Å². The van der Waals surface area contributed by atoms with Gasteiger partial charge in [-0.15, -0.1) is 11.3 Å². The summed E-state index contributed by atoms with van der Waals surface area (Å²) < 4.78 is 41.5. The topological polar surface area (TPSA) is 98.9 Å². The Bertz CT molecular complexity index is 1570. The number of esters is 2. The Morgan fingerprint density at radius 3 is 2.29 bits per heavy atom. The summed E-state index contributed by atoms with van der Waals surface area (Å²) in [5.41, 5.74) is 6.71. The van der Waals surface area contributed by atoms with Gasteiger partial charge in [0.15, 0.2) is 5.78 Å². The minimum Gasteiger partial charge on any atom is -0.465 e. The average molecular weight is 579 g/mol. The van der Waals surface area contributed by atoms with E-state index < -0.39 is 47.1 Å². The quantitative estimate of drug-likeness (QED) is 0.290. The Balaban J connectivity index is 1.84. The molecule has 2 N–H and O–H groups in total. The summed E-state index contributed by atoms with van der Waals surface area (Å²) >= 11 is 1.37. The van der Waals surface area contributed by atoms with Gasteiger partial charge in [0.1, 0.15) is 23.4 Å². The van der Waals surface area contributed by atoms with Gasteiger partial charge in [-0.3, -0.25) is 14.5 Å². The second-order valence-electron chi connectivity index (χ2n) is 9.54. The molecule has 0 fully saturated rings. The van der Waals surface area contributed by atoms with Crippen molar-refractivity contribution in [3.63, 3.8) is 0 Å². The summed E-state index contributed by atoms with van der Waals surface area (Å²) in [6.07, 6.45) is 0.0706. The predicted molar refractivity (Wildman–Crippen MR) is 150 cm³/mol. The molecule has 41 heavy (non-hydrogen) atoms. The molecule has 10 heteroatoms. The maximum absolute atomic E-state index is 15.5. The Labute approximate surface area is 239 Å². The SMILES string of the molecule is CCOC(=O)C1=C(N)N(c2ccccc2F)C2=C(C(=O)[C@H](C(=O)OCC)[C@@H](c3cccs3)C2)[C@@H]1c1ccccc1F. The van der Waals surface area contributed by atoms with Crippen LogP contribution in [0.4, 0.5) is 14.5 Å². The van der Waals surface area contributed by atoms with Gasteiger partial charge in [0.05, 0.1) is 30.4 Å². The number of ketones is 1. The molecule has 0 saturated heterocycles. The number of para-hydroxylation sites is 1. The van der Waals surface area contributed by atoms with E-state index in [0.29, 0.717) is 0 Å². The van der Waals surface area contributed by atoms with Crippen LogP contribution in [0.3, 0.4) is 0 Å². The lowest BCUT2D eigenvalue weighted by Gasteiger charge is -2.43. The molecule has 2 heterocycles. The largest absolute Gasteiger partial charge is 0.465 e. The first-order chi connectivity index (χ1) is 19.8. The van der Waals surface area contributed by atoms with Crippen molar-refractivity contribution in [2.24, 2.45) is 11.7 Å². The molecule has 1 aromatic heterocycles. The van der Waals surface area contributed by atoms with Crippen LogP contribution in [0.2, 0.25) is 0 Å². The molecule has 3 atom stereocenters. The van der Waals surface area contributed by atoms with E-state index in [2.05, 4.69) is 0 Å². The first-order valence-corrected chi connectivity index (χ1v) is 14.1. The molecule has 2 aromatic carbocycles. The number of nitrogens with zero attached hydrogens (tertiary/aromatic N) is 1. The summed E-state index contributed by atoms with van der Waals surface area (Å²) in [6.45, 7) is 3.26. The molecule has 0 amide bonds. The lowest BCUT2D eigenvalue weighted by atomic mass is 9.68. The van der Waals surface area contributed by atoms with Crippen LogP contribution in [0.25, 0.3) is 0 Å². The van der Waals surface area contributed by atoms with Crippen molar-refractivity contribution in [1.82, 2.24) is 0 Å². The predicted octanol–water partition coefficient (Wildman–Crippen LogP) is 5.55. The minimum atomic E-state index is -1.30. The van der Waals surface area contributed by atoms with Crippen molar-refractivity contribution in [1.29, 1.82) is 0 Å². The number of carbonyl (C=O) groups is 3. The Kier molecular flexibility index (Phi) is 8.03. The number of carbonyl (C=O) groups excluding carboxylic acids is 3. The van der Waals surface area contributed by atoms with Gasteiger partial charge in [-0.05, 0) is 49.9 Å². The van der Waals surface area contributed by atoms with Gasteiger partial charge in [0.25, 0.3) is 0 Å². The lowest BCUT2D eigenvalue weighted by molar-refractivity contribution is -0.152. The second kappa shape index (κ2) is 11.7. The molecule has 0 bridgehead atoms. The number of allylic oxidation sites excluding steroid dienone is 2. The summed E-state index contributed by atoms with van der Waals surface area (Å²) in [4.78, 5) is 43.5. The number of rotatable bonds is 7. The third-order valence-corrected chi connectivity index (χ3v) is 8.30. The molecule has 0 radical (unpaired) electrons. The number of anilines is 1. The molecule has 5 rings (SSSR count). The molecular weight excluding hydrogens is 550 g/mol. The van der Waals surface area contributed by atoms with E-state index in [1.165, 1.54) is 52.6 Å². The standard InChI is InChI=1S/C31H28F2N2O5S/c1-3-39-30(37)25-18(23-14-9-15-41-23)16-22-26(28(25)36)24(17-10-5-6-11-19(17)32)27(31(38)40-4-2)29(34)35(22)21-13-8-7-12-20(21)33/h5-15,18,24-25H,3-4,16,34H2,1-2H3/t18-,24+,25-/m1/s1. The average Bonchev–Trinajstić information content (AvgIpc) is 3.49. The number of Topliss-reactive ketones (excluding diaryl/α,β-unsaturated/α-hetero) is 1. The van der Waals surface area contributed by atoms with Crippen LogP contribution in [-0.4, -0.2) is 30.9 Å². The van der Waals surface area contributed by atoms with Gasteiger partial charge < -0.3 is 15.2 Å². The maximum Gasteiger partial charge on any atom is 0.338 e. The van der Waals surface area contributed by atoms with Gasteiger partial charge in [0.2, 0.25) is 0 Å². The van der Waals surface area contributed by atoms with E-state index in [1.54, 1.807) is 32.0 Å². The van der Waals surface area contributed by atoms with Crippen molar-refractivity contribution in [3.8, 4) is 0 Å². The summed E-state index contributed by atoms with van der Waals surface area (Å²) in [7, 11) is 0. The highest BCUT2D eigenvalue weighted by atomic mass is 32.1. The van der Waals surface area contributed by atoms with Gasteiger partial charge in [-0.25, -0.2) is 13.6 Å². The zero-order valence-electron chi connectivity index (χ0n) is 22.4. The summed E-state index contributed by atoms with van der Waals surface area (Å²) in [5, 5.41) is 1.83. The third kappa shape index (κ3) is 4.93. The molecule has 0 saturated carbocycles. The van der Waals surface area contributed by atoms with E-state index in [9.17, 15) is 14.4 Å². The van der Waals surface area contributed by atoms with Crippen molar-refractivity contribution in [2.45, 2.75) is 32.1 Å². The van der Waals surface area contributed by atoms with Crippen LogP contribution < -0.4 is 10.6 Å². The Hall–Kier alpha value is -4.31. The van der Waals surface area contributed by atoms with E-state index >= 15 is 8.78 Å². The Morgan fingerprint density at radius 1 is 0.976 bits per heavy atom. The summed E-state index contributed by atoms with van der Waals surface area (Å²) in [5.74, 6) is -7.01. The monoisotopic (exact) mass is 578 g/mol. The highest BCUT2D eigenvalue weighted by Crippen LogP contribution is 2.52. The number of nitrogens with two attached hydrogens (primary N) is 1. The van der Waals surface area contributed by atoms with Crippen molar-refractivity contribution >= 4 is 34.7 Å². The molecular formula is C31H28F2N2O5S. The number of benzene rings is 2. The van der Waals surface area contributed by atoms with Crippen LogP contribution in [0.5, 0.6) is 0 Å². The third-order valence-electron chi connectivity index (χ3n) is 7.29. The zero-order chi connectivity index (χ0) is 29.3. The number of hydrogen-bond donors (Lipinski definition) is 1. The van der Waals surface area contributed by atoms with E-state index in [1.807, 2.05) is 11.4 Å². The van der Waals surface area contributed by atoms with E-state index in [0.717, 1.165) is 4.88 Å². The number of halogens is 2. The number of hydrogen-bond acceptors (Lipinski definition) is 8. The highest BCUT2D eigenvalue weighted by molar-refractivity contribution is 7.10. The molecule has 212 valence electrons. The fraction of sp³-hybridized carbons (Fsp3) is 0.258. The number of ether oxygens (including phenoxy) is 2. The molecule has 1 aliphatic carbocycles. The van der Waals surface area contributed by atoms with Crippen LogP contribution in [0.1, 0.15) is 42.5 Å². The zero-order valence-corrected chi connectivity index (χ0v) is 23.3. The molecule has 7 nitrogen and oxygen atoms in total. The van der Waals surface area contributed by atoms with Gasteiger partial charge in [-0.2, -0.15) is 0 Å². The first-order valence-electron chi connectivity index (χ1n) is 13.2. The molecule has 1 aliphatic heterocycles. The fourth-order valence-electron chi connectivity index (χ4n) is 5.64. The molecule has 0 spiro atoms. The van der Waals surface area contributed by atoms with Crippen LogP contribution in [0, 0.1) is 17.6 Å². The van der Waals surface area contributed by atoms with Gasteiger partial charge in [0, 0.05) is 27.6 Å². The lowest BCUT2D eigenvalue weighted by Crippen LogP contribution is -2.46. The van der Waals surface area contributed by atoms with Crippen LogP contribution in [-0.2, 0) is 23.9 Å². The smallest absolute Gasteiger partial charge is 0.338 e. The molecule has 3 aromatic rings. The van der Waals surface area contributed by atoms with Gasteiger partial charge >= 0.3 is 11.9 Å².